The molecule has 0 heterocycles. The van der Waals surface area contributed by atoms with Crippen molar-refractivity contribution in [2.24, 2.45) is 5.92 Å². The van der Waals surface area contributed by atoms with Crippen LogP contribution in [0.2, 0.25) is 10.0 Å². The molecule has 1 amide bonds. The van der Waals surface area contributed by atoms with Crippen LogP contribution in [-0.2, 0) is 4.79 Å². The van der Waals surface area contributed by atoms with Crippen molar-refractivity contribution in [2.75, 3.05) is 0 Å². The fourth-order valence-corrected chi connectivity index (χ4v) is 3.03. The number of carbonyl (C=O) groups is 1. The molecule has 114 valence electrons. The Bertz CT molecular complexity index is 551. The number of hydrogen-bond donors (Lipinski definition) is 1. The molecule has 0 spiro atoms. The Morgan fingerprint density at radius 1 is 1.33 bits per heavy atom. The molecule has 0 bridgehead atoms. The van der Waals surface area contributed by atoms with Gasteiger partial charge in [-0.05, 0) is 31.9 Å². The lowest BCUT2D eigenvalue weighted by molar-refractivity contribution is -0.121. The summed E-state index contributed by atoms with van der Waals surface area (Å²) >= 11 is 13.5. The average molecular weight is 345 g/mol. The summed E-state index contributed by atoms with van der Waals surface area (Å²) in [5, 5.41) is 12.7. The lowest BCUT2D eigenvalue weighted by Crippen LogP contribution is -2.51. The molecule has 6 heteroatoms. The second-order valence-corrected chi connectivity index (χ2v) is 7.43. The number of halogens is 2. The number of benzene rings is 1. The minimum absolute atomic E-state index is 0.00699. The molecule has 3 nitrogen and oxygen atoms in total. The normalized spacial score (nSPS) is 15.1. The van der Waals surface area contributed by atoms with Crippen LogP contribution in [0.25, 0.3) is 0 Å². The third kappa shape index (κ3) is 4.54. The predicted molar refractivity (Wildman–Crippen MR) is 88.8 cm³/mol. The zero-order valence-electron chi connectivity index (χ0n) is 12.4. The Hall–Kier alpha value is -0.890. The molecule has 0 fully saturated rings. The van der Waals surface area contributed by atoms with Gasteiger partial charge in [-0.25, -0.2) is 0 Å². The first-order valence-corrected chi connectivity index (χ1v) is 8.18. The molecule has 0 aromatic heterocycles. The van der Waals surface area contributed by atoms with Crippen molar-refractivity contribution in [3.8, 4) is 6.07 Å². The van der Waals surface area contributed by atoms with Gasteiger partial charge in [0.25, 0.3) is 0 Å². The molecule has 1 N–H and O–H groups in total. The molecule has 2 atom stereocenters. The fourth-order valence-electron chi connectivity index (χ4n) is 1.48. The summed E-state index contributed by atoms with van der Waals surface area (Å²) in [6, 6.07) is 7.37. The van der Waals surface area contributed by atoms with E-state index in [9.17, 15) is 10.1 Å². The Morgan fingerprint density at radius 3 is 2.29 bits per heavy atom. The summed E-state index contributed by atoms with van der Waals surface area (Å²) in [6.45, 7) is 7.27. The number of carbonyl (C=O) groups excluding carboxylic acids is 1. The third-order valence-electron chi connectivity index (χ3n) is 3.35. The van der Waals surface area contributed by atoms with E-state index in [0.717, 1.165) is 0 Å². The van der Waals surface area contributed by atoms with Gasteiger partial charge >= 0.3 is 0 Å². The molecule has 0 saturated heterocycles. The van der Waals surface area contributed by atoms with E-state index in [1.54, 1.807) is 32.0 Å². The van der Waals surface area contributed by atoms with Gasteiger partial charge in [-0.15, -0.1) is 11.8 Å². The topological polar surface area (TPSA) is 52.9 Å². The first-order valence-electron chi connectivity index (χ1n) is 6.55. The van der Waals surface area contributed by atoms with Crippen LogP contribution in [0.15, 0.2) is 23.1 Å². The van der Waals surface area contributed by atoms with Gasteiger partial charge in [-0.3, -0.25) is 4.79 Å². The lowest BCUT2D eigenvalue weighted by atomic mass is 9.90. The van der Waals surface area contributed by atoms with E-state index in [0.29, 0.717) is 14.9 Å². The SMILES string of the molecule is CC(Sc1c(Cl)cccc1Cl)C(=O)NC(C)(C#N)C(C)C. The number of nitrogens with zero attached hydrogens (tertiary/aromatic N) is 1. The van der Waals surface area contributed by atoms with Gasteiger partial charge in [0.05, 0.1) is 21.4 Å². The average Bonchev–Trinajstić information content (AvgIpc) is 2.42. The number of rotatable bonds is 5. The highest BCUT2D eigenvalue weighted by molar-refractivity contribution is 8.00. The molecule has 1 rings (SSSR count). The first-order chi connectivity index (χ1) is 9.71. The summed E-state index contributed by atoms with van der Waals surface area (Å²) < 4.78 is 0. The quantitative estimate of drug-likeness (QED) is 0.798. The summed E-state index contributed by atoms with van der Waals surface area (Å²) in [4.78, 5) is 13.0. The Labute approximate surface area is 140 Å². The van der Waals surface area contributed by atoms with Crippen molar-refractivity contribution in [1.29, 1.82) is 5.26 Å². The van der Waals surface area contributed by atoms with E-state index in [1.165, 1.54) is 11.8 Å². The van der Waals surface area contributed by atoms with E-state index in [-0.39, 0.29) is 11.8 Å². The Morgan fingerprint density at radius 2 is 1.86 bits per heavy atom. The molecular weight excluding hydrogens is 327 g/mol. The molecule has 21 heavy (non-hydrogen) atoms. The van der Waals surface area contributed by atoms with Gasteiger partial charge in [-0.2, -0.15) is 5.26 Å². The maximum atomic E-state index is 12.3. The summed E-state index contributed by atoms with van der Waals surface area (Å²) in [7, 11) is 0. The summed E-state index contributed by atoms with van der Waals surface area (Å²) in [5.41, 5.74) is -0.893. The van der Waals surface area contributed by atoms with Crippen LogP contribution in [0.1, 0.15) is 27.7 Å². The third-order valence-corrected chi connectivity index (χ3v) is 5.45. The smallest absolute Gasteiger partial charge is 0.234 e. The standard InChI is InChI=1S/C15H18Cl2N2OS/c1-9(2)15(4,8-18)19-14(20)10(3)21-13-11(16)6-5-7-12(13)17/h5-7,9-10H,1-4H3,(H,19,20). The van der Waals surface area contributed by atoms with Gasteiger partial charge in [0.15, 0.2) is 0 Å². The van der Waals surface area contributed by atoms with Gasteiger partial charge in [0.2, 0.25) is 5.91 Å². The highest BCUT2D eigenvalue weighted by Crippen LogP contribution is 2.36. The molecule has 0 aliphatic heterocycles. The molecular formula is C15H18Cl2N2OS. The molecule has 1 aromatic carbocycles. The highest BCUT2D eigenvalue weighted by Gasteiger charge is 2.32. The molecule has 0 aliphatic rings. The van der Waals surface area contributed by atoms with Gasteiger partial charge in [0.1, 0.15) is 5.54 Å². The van der Waals surface area contributed by atoms with Crippen molar-refractivity contribution < 1.29 is 4.79 Å². The number of hydrogen-bond acceptors (Lipinski definition) is 3. The van der Waals surface area contributed by atoms with E-state index < -0.39 is 10.8 Å². The molecule has 0 radical (unpaired) electrons. The fraction of sp³-hybridized carbons (Fsp3) is 0.467. The van der Waals surface area contributed by atoms with E-state index in [1.807, 2.05) is 13.8 Å². The van der Waals surface area contributed by atoms with Gasteiger partial charge < -0.3 is 5.32 Å². The maximum Gasteiger partial charge on any atom is 0.234 e. The van der Waals surface area contributed by atoms with Crippen LogP contribution >= 0.6 is 35.0 Å². The number of thioether (sulfide) groups is 1. The Balaban J connectivity index is 2.83. The van der Waals surface area contributed by atoms with Crippen LogP contribution in [0.3, 0.4) is 0 Å². The van der Waals surface area contributed by atoms with Crippen LogP contribution in [0.5, 0.6) is 0 Å². The number of nitriles is 1. The van der Waals surface area contributed by atoms with Crippen molar-refractivity contribution in [2.45, 2.75) is 43.4 Å². The molecule has 0 saturated carbocycles. The van der Waals surface area contributed by atoms with E-state index in [2.05, 4.69) is 11.4 Å². The van der Waals surface area contributed by atoms with Crippen molar-refractivity contribution in [3.05, 3.63) is 28.2 Å². The zero-order chi connectivity index (χ0) is 16.2. The summed E-state index contributed by atoms with van der Waals surface area (Å²) in [6.07, 6.45) is 0. The van der Waals surface area contributed by atoms with E-state index >= 15 is 0 Å². The molecule has 0 aliphatic carbocycles. The van der Waals surface area contributed by atoms with Crippen LogP contribution in [-0.4, -0.2) is 16.7 Å². The second kappa shape index (κ2) is 7.40. The zero-order valence-corrected chi connectivity index (χ0v) is 14.7. The van der Waals surface area contributed by atoms with Crippen LogP contribution in [0.4, 0.5) is 0 Å². The maximum absolute atomic E-state index is 12.3. The van der Waals surface area contributed by atoms with Gasteiger partial charge in [0, 0.05) is 4.90 Å². The lowest BCUT2D eigenvalue weighted by Gasteiger charge is -2.28. The largest absolute Gasteiger partial charge is 0.337 e. The molecule has 2 unspecified atom stereocenters. The highest BCUT2D eigenvalue weighted by atomic mass is 35.5. The summed E-state index contributed by atoms with van der Waals surface area (Å²) in [5.74, 6) is -0.207. The number of nitrogens with one attached hydrogen (secondary N) is 1. The van der Waals surface area contributed by atoms with E-state index in [4.69, 9.17) is 23.2 Å². The predicted octanol–water partition coefficient (Wildman–Crippen LogP) is 4.53. The Kier molecular flexibility index (Phi) is 6.40. The number of amides is 1. The van der Waals surface area contributed by atoms with Crippen molar-refractivity contribution in [3.63, 3.8) is 0 Å². The minimum Gasteiger partial charge on any atom is -0.337 e. The molecule has 1 aromatic rings. The van der Waals surface area contributed by atoms with Crippen molar-refractivity contribution >= 4 is 40.9 Å². The minimum atomic E-state index is -0.893. The monoisotopic (exact) mass is 344 g/mol. The first kappa shape index (κ1) is 18.2. The van der Waals surface area contributed by atoms with Gasteiger partial charge in [-0.1, -0.05) is 43.1 Å². The van der Waals surface area contributed by atoms with Crippen molar-refractivity contribution in [1.82, 2.24) is 5.32 Å². The second-order valence-electron chi connectivity index (χ2n) is 5.27. The van der Waals surface area contributed by atoms with Crippen LogP contribution < -0.4 is 5.32 Å². The van der Waals surface area contributed by atoms with Crippen LogP contribution in [0, 0.1) is 17.2 Å².